The van der Waals surface area contributed by atoms with Crippen molar-refractivity contribution in [3.63, 3.8) is 0 Å². The normalized spacial score (nSPS) is 14.6. The molecule has 5 nitrogen and oxygen atoms in total. The van der Waals surface area contributed by atoms with Gasteiger partial charge in [0.15, 0.2) is 0 Å². The Morgan fingerprint density at radius 3 is 2.80 bits per heavy atom. The SMILES string of the molecule is N#Cc1ccc(CSCC(=O)N2CCNC(=O)C2)cc1. The smallest absolute Gasteiger partial charge is 0.239 e. The van der Waals surface area contributed by atoms with Gasteiger partial charge >= 0.3 is 0 Å². The number of nitrogens with one attached hydrogen (secondary N) is 1. The first-order valence-electron chi connectivity index (χ1n) is 6.30. The monoisotopic (exact) mass is 289 g/mol. The van der Waals surface area contributed by atoms with Crippen LogP contribution in [0.25, 0.3) is 0 Å². The van der Waals surface area contributed by atoms with Crippen molar-refractivity contribution < 1.29 is 9.59 Å². The number of piperazine rings is 1. The van der Waals surface area contributed by atoms with Gasteiger partial charge in [0.2, 0.25) is 11.8 Å². The highest BCUT2D eigenvalue weighted by atomic mass is 32.2. The van der Waals surface area contributed by atoms with E-state index >= 15 is 0 Å². The number of thioether (sulfide) groups is 1. The molecule has 1 aromatic rings. The zero-order chi connectivity index (χ0) is 14.4. The molecule has 6 heteroatoms. The van der Waals surface area contributed by atoms with Crippen LogP contribution in [0.15, 0.2) is 24.3 Å². The molecule has 104 valence electrons. The van der Waals surface area contributed by atoms with Gasteiger partial charge in [0.1, 0.15) is 0 Å². The molecule has 1 N–H and O–H groups in total. The Morgan fingerprint density at radius 1 is 1.40 bits per heavy atom. The standard InChI is InChI=1S/C14H15N3O2S/c15-7-11-1-3-12(4-2-11)9-20-10-14(19)17-6-5-16-13(18)8-17/h1-4H,5-6,8-10H2,(H,16,18). The lowest BCUT2D eigenvalue weighted by Crippen LogP contribution is -2.50. The second-order valence-corrected chi connectivity index (χ2v) is 5.45. The van der Waals surface area contributed by atoms with Crippen LogP contribution in [0.2, 0.25) is 0 Å². The number of nitrogens with zero attached hydrogens (tertiary/aromatic N) is 2. The average Bonchev–Trinajstić information content (AvgIpc) is 2.48. The Hall–Kier alpha value is -2.00. The van der Waals surface area contributed by atoms with Gasteiger partial charge in [-0.2, -0.15) is 5.26 Å². The van der Waals surface area contributed by atoms with Crippen LogP contribution >= 0.6 is 11.8 Å². The van der Waals surface area contributed by atoms with Crippen LogP contribution in [0.5, 0.6) is 0 Å². The summed E-state index contributed by atoms with van der Waals surface area (Å²) < 4.78 is 0. The first-order chi connectivity index (χ1) is 9.69. The summed E-state index contributed by atoms with van der Waals surface area (Å²) in [6.45, 7) is 1.28. The number of amides is 2. The maximum Gasteiger partial charge on any atom is 0.239 e. The molecular formula is C14H15N3O2S. The minimum atomic E-state index is -0.0957. The van der Waals surface area contributed by atoms with E-state index in [1.807, 2.05) is 12.1 Å². The number of hydrogen-bond acceptors (Lipinski definition) is 4. The van der Waals surface area contributed by atoms with E-state index in [0.29, 0.717) is 24.4 Å². The maximum absolute atomic E-state index is 11.9. The maximum atomic E-state index is 11.9. The third kappa shape index (κ3) is 4.00. The van der Waals surface area contributed by atoms with Gasteiger partial charge < -0.3 is 10.2 Å². The third-order valence-electron chi connectivity index (χ3n) is 2.97. The van der Waals surface area contributed by atoms with E-state index in [-0.39, 0.29) is 18.4 Å². The van der Waals surface area contributed by atoms with Crippen LogP contribution in [0.1, 0.15) is 11.1 Å². The molecule has 0 atom stereocenters. The van der Waals surface area contributed by atoms with E-state index in [2.05, 4.69) is 11.4 Å². The second-order valence-electron chi connectivity index (χ2n) is 4.47. The molecule has 0 bridgehead atoms. The lowest BCUT2D eigenvalue weighted by molar-refractivity contribution is -0.136. The molecule has 0 unspecified atom stereocenters. The van der Waals surface area contributed by atoms with Crippen LogP contribution in [-0.2, 0) is 15.3 Å². The number of carbonyl (C=O) groups excluding carboxylic acids is 2. The Morgan fingerprint density at radius 2 is 2.15 bits per heavy atom. The Kier molecular flexibility index (Phi) is 5.02. The predicted octanol–water partition coefficient (Wildman–Crippen LogP) is 0.750. The first kappa shape index (κ1) is 14.4. The molecule has 1 aromatic carbocycles. The quantitative estimate of drug-likeness (QED) is 0.887. The van der Waals surface area contributed by atoms with E-state index in [9.17, 15) is 9.59 Å². The molecular weight excluding hydrogens is 274 g/mol. The van der Waals surface area contributed by atoms with Crippen molar-refractivity contribution in [2.24, 2.45) is 0 Å². The molecule has 1 saturated heterocycles. The van der Waals surface area contributed by atoms with Crippen LogP contribution in [0.4, 0.5) is 0 Å². The number of carbonyl (C=O) groups is 2. The number of hydrogen-bond donors (Lipinski definition) is 1. The highest BCUT2D eigenvalue weighted by molar-refractivity contribution is 7.99. The fraction of sp³-hybridized carbons (Fsp3) is 0.357. The van der Waals surface area contributed by atoms with Gasteiger partial charge in [-0.25, -0.2) is 0 Å². The number of nitriles is 1. The molecule has 1 fully saturated rings. The minimum absolute atomic E-state index is 0.00139. The number of benzene rings is 1. The van der Waals surface area contributed by atoms with Crippen LogP contribution in [0, 0.1) is 11.3 Å². The predicted molar refractivity (Wildman–Crippen MR) is 76.9 cm³/mol. The Balaban J connectivity index is 1.76. The summed E-state index contributed by atoms with van der Waals surface area (Å²) in [5.41, 5.74) is 1.72. The van der Waals surface area contributed by atoms with Gasteiger partial charge in [-0.3, -0.25) is 9.59 Å². The van der Waals surface area contributed by atoms with Crippen molar-refractivity contribution in [3.05, 3.63) is 35.4 Å². The van der Waals surface area contributed by atoms with Crippen molar-refractivity contribution in [3.8, 4) is 6.07 Å². The van der Waals surface area contributed by atoms with Gasteiger partial charge in [0.05, 0.1) is 23.9 Å². The van der Waals surface area contributed by atoms with Gasteiger partial charge in [-0.15, -0.1) is 11.8 Å². The molecule has 2 amide bonds. The van der Waals surface area contributed by atoms with Crippen molar-refractivity contribution in [2.45, 2.75) is 5.75 Å². The molecule has 0 radical (unpaired) electrons. The summed E-state index contributed by atoms with van der Waals surface area (Å²) in [4.78, 5) is 24.7. The topological polar surface area (TPSA) is 73.2 Å². The van der Waals surface area contributed by atoms with Gasteiger partial charge in [0.25, 0.3) is 0 Å². The van der Waals surface area contributed by atoms with Crippen LogP contribution in [-0.4, -0.2) is 42.1 Å². The summed E-state index contributed by atoms with van der Waals surface area (Å²) in [6, 6.07) is 9.40. The zero-order valence-electron chi connectivity index (χ0n) is 11.0. The Labute approximate surface area is 121 Å². The molecule has 0 aliphatic carbocycles. The zero-order valence-corrected chi connectivity index (χ0v) is 11.8. The summed E-state index contributed by atoms with van der Waals surface area (Å²) in [5.74, 6) is 0.991. The summed E-state index contributed by atoms with van der Waals surface area (Å²) in [7, 11) is 0. The van der Waals surface area contributed by atoms with Gasteiger partial charge in [-0.1, -0.05) is 12.1 Å². The summed E-state index contributed by atoms with van der Waals surface area (Å²) >= 11 is 1.52. The van der Waals surface area contributed by atoms with Crippen molar-refractivity contribution in [1.82, 2.24) is 10.2 Å². The summed E-state index contributed by atoms with van der Waals surface area (Å²) in [5, 5.41) is 11.4. The van der Waals surface area contributed by atoms with E-state index in [0.717, 1.165) is 11.3 Å². The molecule has 2 rings (SSSR count). The van der Waals surface area contributed by atoms with E-state index in [4.69, 9.17) is 5.26 Å². The molecule has 1 aliphatic rings. The third-order valence-corrected chi connectivity index (χ3v) is 3.96. The molecule has 20 heavy (non-hydrogen) atoms. The largest absolute Gasteiger partial charge is 0.353 e. The highest BCUT2D eigenvalue weighted by Gasteiger charge is 2.20. The summed E-state index contributed by atoms with van der Waals surface area (Å²) in [6.07, 6.45) is 0. The van der Waals surface area contributed by atoms with E-state index in [1.165, 1.54) is 11.8 Å². The van der Waals surface area contributed by atoms with E-state index in [1.54, 1.807) is 17.0 Å². The fourth-order valence-electron chi connectivity index (χ4n) is 1.87. The van der Waals surface area contributed by atoms with Crippen LogP contribution in [0.3, 0.4) is 0 Å². The molecule has 1 heterocycles. The van der Waals surface area contributed by atoms with E-state index < -0.39 is 0 Å². The van der Waals surface area contributed by atoms with Gasteiger partial charge in [0, 0.05) is 18.8 Å². The highest BCUT2D eigenvalue weighted by Crippen LogP contribution is 2.14. The molecule has 0 saturated carbocycles. The van der Waals surface area contributed by atoms with Crippen molar-refractivity contribution in [2.75, 3.05) is 25.4 Å². The van der Waals surface area contributed by atoms with Crippen molar-refractivity contribution >= 4 is 23.6 Å². The molecule has 1 aliphatic heterocycles. The minimum Gasteiger partial charge on any atom is -0.353 e. The van der Waals surface area contributed by atoms with Crippen molar-refractivity contribution in [1.29, 1.82) is 5.26 Å². The second kappa shape index (κ2) is 6.96. The molecule has 0 spiro atoms. The van der Waals surface area contributed by atoms with Gasteiger partial charge in [-0.05, 0) is 17.7 Å². The first-order valence-corrected chi connectivity index (χ1v) is 7.46. The average molecular weight is 289 g/mol. The Bertz CT molecular complexity index is 536. The molecule has 0 aromatic heterocycles. The lowest BCUT2D eigenvalue weighted by atomic mass is 10.2. The van der Waals surface area contributed by atoms with Crippen LogP contribution < -0.4 is 5.32 Å². The number of rotatable bonds is 4. The fourth-order valence-corrected chi connectivity index (χ4v) is 2.76. The lowest BCUT2D eigenvalue weighted by Gasteiger charge is -2.26.